The summed E-state index contributed by atoms with van der Waals surface area (Å²) in [7, 11) is -3.21. The van der Waals surface area contributed by atoms with Gasteiger partial charge in [0.05, 0.1) is 16.3 Å². The molecule has 0 aromatic heterocycles. The van der Waals surface area contributed by atoms with Crippen LogP contribution in [0.4, 0.5) is 11.4 Å². The van der Waals surface area contributed by atoms with Crippen molar-refractivity contribution in [3.05, 3.63) is 18.2 Å². The van der Waals surface area contributed by atoms with E-state index in [2.05, 4.69) is 18.7 Å². The highest BCUT2D eigenvalue weighted by Gasteiger charge is 2.25. The molecule has 118 valence electrons. The van der Waals surface area contributed by atoms with Crippen LogP contribution in [0.1, 0.15) is 39.5 Å². The zero-order valence-electron chi connectivity index (χ0n) is 13.2. The van der Waals surface area contributed by atoms with Gasteiger partial charge in [0, 0.05) is 18.8 Å². The SMILES string of the molecule is CC(C)CN(c1ccc(S(C)(=O)=O)cc1N)C1CCCC1. The van der Waals surface area contributed by atoms with Gasteiger partial charge in [-0.15, -0.1) is 0 Å². The van der Waals surface area contributed by atoms with E-state index in [0.717, 1.165) is 12.2 Å². The first kappa shape index (κ1) is 16.1. The summed E-state index contributed by atoms with van der Waals surface area (Å²) in [5, 5.41) is 0. The summed E-state index contributed by atoms with van der Waals surface area (Å²) in [5.41, 5.74) is 7.69. The Morgan fingerprint density at radius 1 is 1.29 bits per heavy atom. The standard InChI is InChI=1S/C16H26N2O2S/c1-12(2)11-18(13-6-4-5-7-13)16-9-8-14(10-15(16)17)21(3,19)20/h8-10,12-13H,4-7,11,17H2,1-3H3. The number of nitrogens with zero attached hydrogens (tertiary/aromatic N) is 1. The first-order valence-electron chi connectivity index (χ1n) is 7.65. The predicted molar refractivity (Wildman–Crippen MR) is 88.4 cm³/mol. The van der Waals surface area contributed by atoms with Gasteiger partial charge in [0.15, 0.2) is 9.84 Å². The van der Waals surface area contributed by atoms with Crippen molar-refractivity contribution in [1.29, 1.82) is 0 Å². The van der Waals surface area contributed by atoms with Crippen LogP contribution >= 0.6 is 0 Å². The minimum absolute atomic E-state index is 0.291. The largest absolute Gasteiger partial charge is 0.397 e. The third kappa shape index (κ3) is 3.90. The fourth-order valence-corrected chi connectivity index (χ4v) is 3.73. The molecule has 1 aliphatic carbocycles. The minimum atomic E-state index is -3.21. The van der Waals surface area contributed by atoms with Crippen LogP contribution in [0.5, 0.6) is 0 Å². The molecule has 1 aromatic carbocycles. The molecule has 4 nitrogen and oxygen atoms in total. The number of rotatable bonds is 5. The molecule has 1 fully saturated rings. The number of nitrogen functional groups attached to an aromatic ring is 1. The van der Waals surface area contributed by atoms with E-state index in [1.807, 2.05) is 6.07 Å². The normalized spacial score (nSPS) is 16.6. The maximum Gasteiger partial charge on any atom is 0.175 e. The summed E-state index contributed by atoms with van der Waals surface area (Å²) in [5.74, 6) is 0.541. The van der Waals surface area contributed by atoms with Gasteiger partial charge in [-0.05, 0) is 37.0 Å². The van der Waals surface area contributed by atoms with Crippen molar-refractivity contribution in [3.63, 3.8) is 0 Å². The lowest BCUT2D eigenvalue weighted by Crippen LogP contribution is -2.36. The maximum atomic E-state index is 11.6. The van der Waals surface area contributed by atoms with E-state index in [1.165, 1.54) is 31.9 Å². The lowest BCUT2D eigenvalue weighted by atomic mass is 10.1. The summed E-state index contributed by atoms with van der Waals surface area (Å²) in [6.07, 6.45) is 6.13. The van der Waals surface area contributed by atoms with Crippen molar-refractivity contribution in [2.75, 3.05) is 23.4 Å². The van der Waals surface area contributed by atoms with E-state index >= 15 is 0 Å². The minimum Gasteiger partial charge on any atom is -0.397 e. The highest BCUT2D eigenvalue weighted by molar-refractivity contribution is 7.90. The summed E-state index contributed by atoms with van der Waals surface area (Å²) >= 11 is 0. The summed E-state index contributed by atoms with van der Waals surface area (Å²) in [6, 6.07) is 5.65. The summed E-state index contributed by atoms with van der Waals surface area (Å²) in [4.78, 5) is 2.67. The Bertz CT molecular complexity index is 590. The number of sulfone groups is 1. The van der Waals surface area contributed by atoms with Gasteiger partial charge in [-0.3, -0.25) is 0 Å². The molecule has 0 unspecified atom stereocenters. The molecule has 0 aliphatic heterocycles. The van der Waals surface area contributed by atoms with Crippen LogP contribution in [0.2, 0.25) is 0 Å². The van der Waals surface area contributed by atoms with Crippen LogP contribution < -0.4 is 10.6 Å². The Morgan fingerprint density at radius 3 is 2.38 bits per heavy atom. The lowest BCUT2D eigenvalue weighted by molar-refractivity contribution is 0.536. The average Bonchev–Trinajstić information content (AvgIpc) is 2.88. The highest BCUT2D eigenvalue weighted by Crippen LogP contribution is 2.33. The molecule has 0 saturated heterocycles. The van der Waals surface area contributed by atoms with Crippen LogP contribution in [0.3, 0.4) is 0 Å². The second kappa shape index (κ2) is 6.26. The van der Waals surface area contributed by atoms with Gasteiger partial charge >= 0.3 is 0 Å². The molecule has 0 spiro atoms. The molecule has 21 heavy (non-hydrogen) atoms. The molecule has 0 amide bonds. The van der Waals surface area contributed by atoms with Crippen molar-refractivity contribution < 1.29 is 8.42 Å². The Hall–Kier alpha value is -1.23. The third-order valence-electron chi connectivity index (χ3n) is 4.06. The number of anilines is 2. The number of benzene rings is 1. The monoisotopic (exact) mass is 310 g/mol. The van der Waals surface area contributed by atoms with Crippen molar-refractivity contribution in [2.45, 2.75) is 50.5 Å². The number of nitrogens with two attached hydrogens (primary N) is 1. The first-order chi connectivity index (χ1) is 9.79. The number of hydrogen-bond donors (Lipinski definition) is 1. The molecule has 1 aliphatic rings. The molecule has 1 saturated carbocycles. The first-order valence-corrected chi connectivity index (χ1v) is 9.54. The summed E-state index contributed by atoms with van der Waals surface area (Å²) < 4.78 is 23.3. The molecular weight excluding hydrogens is 284 g/mol. The van der Waals surface area contributed by atoms with Crippen LogP contribution in [-0.4, -0.2) is 27.3 Å². The zero-order chi connectivity index (χ0) is 15.6. The molecule has 0 bridgehead atoms. The van der Waals surface area contributed by atoms with Crippen LogP contribution in [-0.2, 0) is 9.84 Å². The second-order valence-corrected chi connectivity index (χ2v) is 8.49. The molecule has 2 rings (SSSR count). The van der Waals surface area contributed by atoms with E-state index in [1.54, 1.807) is 12.1 Å². The Morgan fingerprint density at radius 2 is 1.90 bits per heavy atom. The molecule has 0 atom stereocenters. The Balaban J connectivity index is 2.35. The molecule has 1 aromatic rings. The zero-order valence-corrected chi connectivity index (χ0v) is 14.0. The van der Waals surface area contributed by atoms with Crippen molar-refractivity contribution in [2.24, 2.45) is 5.92 Å². The number of hydrogen-bond acceptors (Lipinski definition) is 4. The van der Waals surface area contributed by atoms with E-state index < -0.39 is 9.84 Å². The van der Waals surface area contributed by atoms with Gasteiger partial charge in [0.2, 0.25) is 0 Å². The van der Waals surface area contributed by atoms with Crippen LogP contribution in [0.15, 0.2) is 23.1 Å². The third-order valence-corrected chi connectivity index (χ3v) is 5.17. The van der Waals surface area contributed by atoms with Gasteiger partial charge in [0.25, 0.3) is 0 Å². The highest BCUT2D eigenvalue weighted by atomic mass is 32.2. The molecule has 2 N–H and O–H groups in total. The Kier molecular flexibility index (Phi) is 4.81. The molecule has 0 radical (unpaired) electrons. The van der Waals surface area contributed by atoms with Crippen LogP contribution in [0.25, 0.3) is 0 Å². The quantitative estimate of drug-likeness (QED) is 0.849. The van der Waals surface area contributed by atoms with Gasteiger partial charge in [0.1, 0.15) is 0 Å². The smallest absolute Gasteiger partial charge is 0.175 e. The van der Waals surface area contributed by atoms with Crippen molar-refractivity contribution >= 4 is 21.2 Å². The van der Waals surface area contributed by atoms with E-state index in [9.17, 15) is 8.42 Å². The molecular formula is C16H26N2O2S. The van der Waals surface area contributed by atoms with Crippen LogP contribution in [0, 0.1) is 5.92 Å². The lowest BCUT2D eigenvalue weighted by Gasteiger charge is -2.33. The molecule has 0 heterocycles. The second-order valence-electron chi connectivity index (χ2n) is 6.48. The van der Waals surface area contributed by atoms with Gasteiger partial charge in [-0.1, -0.05) is 26.7 Å². The fraction of sp³-hybridized carbons (Fsp3) is 0.625. The van der Waals surface area contributed by atoms with Gasteiger partial charge in [-0.2, -0.15) is 0 Å². The summed E-state index contributed by atoms with van der Waals surface area (Å²) in [6.45, 7) is 5.35. The van der Waals surface area contributed by atoms with Gasteiger partial charge < -0.3 is 10.6 Å². The average molecular weight is 310 g/mol. The Labute approximate surface area is 128 Å². The predicted octanol–water partition coefficient (Wildman–Crippen LogP) is 3.08. The van der Waals surface area contributed by atoms with E-state index in [-0.39, 0.29) is 0 Å². The van der Waals surface area contributed by atoms with Crippen molar-refractivity contribution in [3.8, 4) is 0 Å². The molecule has 5 heteroatoms. The van der Waals surface area contributed by atoms with Crippen molar-refractivity contribution in [1.82, 2.24) is 0 Å². The van der Waals surface area contributed by atoms with E-state index in [4.69, 9.17) is 5.73 Å². The topological polar surface area (TPSA) is 63.4 Å². The van der Waals surface area contributed by atoms with E-state index in [0.29, 0.717) is 22.5 Å². The fourth-order valence-electron chi connectivity index (χ4n) is 3.08. The van der Waals surface area contributed by atoms with Gasteiger partial charge in [-0.25, -0.2) is 8.42 Å². The maximum absolute atomic E-state index is 11.6.